The van der Waals surface area contributed by atoms with E-state index in [1.165, 1.54) is 11.1 Å². The third-order valence-electron chi connectivity index (χ3n) is 7.72. The Balaban J connectivity index is 2.62. The molecule has 0 radical (unpaired) electrons. The molecule has 2 aromatic rings. The fourth-order valence-corrected chi connectivity index (χ4v) is 5.45. The first-order valence-corrected chi connectivity index (χ1v) is 13.6. The zero-order chi connectivity index (χ0) is 25.3. The zero-order valence-electron chi connectivity index (χ0n) is 22.6. The van der Waals surface area contributed by atoms with Gasteiger partial charge in [0.2, 0.25) is 0 Å². The Bertz CT molecular complexity index is 957. The molecule has 0 aliphatic carbocycles. The number of phenols is 1. The van der Waals surface area contributed by atoms with Crippen LogP contribution >= 0.6 is 0 Å². The van der Waals surface area contributed by atoms with Crippen molar-refractivity contribution in [3.63, 3.8) is 0 Å². The Morgan fingerprint density at radius 3 is 1.85 bits per heavy atom. The number of phenolic OH excluding ortho intramolecular Hbond substituents is 1. The lowest BCUT2D eigenvalue weighted by atomic mass is 9.78. The smallest absolute Gasteiger partial charge is 0.186 e. The molecule has 0 spiro atoms. The lowest BCUT2D eigenvalue weighted by molar-refractivity contribution is 0.104. The first kappa shape index (κ1) is 27.9. The lowest BCUT2D eigenvalue weighted by Crippen LogP contribution is -2.12. The van der Waals surface area contributed by atoms with E-state index in [1.54, 1.807) is 12.1 Å². The van der Waals surface area contributed by atoms with E-state index in [1.807, 2.05) is 12.1 Å². The van der Waals surface area contributed by atoms with Crippen LogP contribution in [0.4, 0.5) is 0 Å². The van der Waals surface area contributed by atoms with Gasteiger partial charge in [0.15, 0.2) is 5.78 Å². The van der Waals surface area contributed by atoms with Crippen LogP contribution in [-0.4, -0.2) is 10.9 Å². The molecule has 0 unspecified atom stereocenters. The van der Waals surface area contributed by atoms with E-state index in [0.29, 0.717) is 11.7 Å². The standard InChI is InChI=1S/C32H46O2/c1-8-22-15-17-27(23(9-2)10-3)26(21-22)16-19-29(33)28-18-20-30(34)32(25(13-6)14-7)31(28)24(11-4)12-5/h15-21,23-25,34H,8-14H2,1-7H3/b19-16+. The van der Waals surface area contributed by atoms with Crippen LogP contribution < -0.4 is 0 Å². The van der Waals surface area contributed by atoms with Gasteiger partial charge in [0.05, 0.1) is 0 Å². The van der Waals surface area contributed by atoms with Crippen molar-refractivity contribution in [3.8, 4) is 5.75 Å². The topological polar surface area (TPSA) is 37.3 Å². The van der Waals surface area contributed by atoms with Gasteiger partial charge < -0.3 is 5.11 Å². The summed E-state index contributed by atoms with van der Waals surface area (Å²) in [5, 5.41) is 10.9. The van der Waals surface area contributed by atoms with Crippen molar-refractivity contribution < 1.29 is 9.90 Å². The zero-order valence-corrected chi connectivity index (χ0v) is 22.6. The number of aryl methyl sites for hydroxylation is 1. The summed E-state index contributed by atoms with van der Waals surface area (Å²) in [6.45, 7) is 15.3. The Kier molecular flexibility index (Phi) is 11.1. The highest BCUT2D eigenvalue weighted by Gasteiger charge is 2.26. The van der Waals surface area contributed by atoms with Crippen molar-refractivity contribution in [2.45, 2.75) is 111 Å². The van der Waals surface area contributed by atoms with Crippen molar-refractivity contribution in [1.82, 2.24) is 0 Å². The van der Waals surface area contributed by atoms with E-state index in [0.717, 1.165) is 67.2 Å². The van der Waals surface area contributed by atoms with Gasteiger partial charge in [-0.2, -0.15) is 0 Å². The average molecular weight is 463 g/mol. The van der Waals surface area contributed by atoms with Crippen LogP contribution in [0.2, 0.25) is 0 Å². The molecule has 0 bridgehead atoms. The molecule has 1 N–H and O–H groups in total. The average Bonchev–Trinajstić information content (AvgIpc) is 2.86. The minimum absolute atomic E-state index is 0.0338. The molecule has 0 heterocycles. The van der Waals surface area contributed by atoms with Crippen LogP contribution in [0.5, 0.6) is 5.75 Å². The monoisotopic (exact) mass is 462 g/mol. The van der Waals surface area contributed by atoms with Gasteiger partial charge in [-0.1, -0.05) is 72.7 Å². The highest BCUT2D eigenvalue weighted by atomic mass is 16.3. The number of aromatic hydroxyl groups is 1. The van der Waals surface area contributed by atoms with E-state index in [9.17, 15) is 9.90 Å². The fraction of sp³-hybridized carbons (Fsp3) is 0.531. The molecule has 2 aromatic carbocycles. The van der Waals surface area contributed by atoms with Gasteiger partial charge in [-0.15, -0.1) is 0 Å². The SMILES string of the molecule is CCc1ccc(C(CC)CC)c(/C=C/C(=O)c2ccc(O)c(C(CC)CC)c2C(CC)CC)c1. The molecule has 34 heavy (non-hydrogen) atoms. The predicted molar refractivity (Wildman–Crippen MR) is 147 cm³/mol. The fourth-order valence-electron chi connectivity index (χ4n) is 5.45. The summed E-state index contributed by atoms with van der Waals surface area (Å²) in [5.41, 5.74) is 6.58. The number of hydrogen-bond acceptors (Lipinski definition) is 2. The predicted octanol–water partition coefficient (Wildman–Crippen LogP) is 9.56. The Morgan fingerprint density at radius 1 is 0.765 bits per heavy atom. The van der Waals surface area contributed by atoms with Crippen LogP contribution in [0.25, 0.3) is 6.08 Å². The second-order valence-corrected chi connectivity index (χ2v) is 9.51. The molecule has 0 aliphatic rings. The number of carbonyl (C=O) groups is 1. The van der Waals surface area contributed by atoms with Gasteiger partial charge in [0.1, 0.15) is 5.75 Å². The van der Waals surface area contributed by atoms with Gasteiger partial charge in [0, 0.05) is 11.1 Å². The van der Waals surface area contributed by atoms with Crippen LogP contribution in [0, 0.1) is 0 Å². The second kappa shape index (κ2) is 13.5. The van der Waals surface area contributed by atoms with Crippen LogP contribution in [0.15, 0.2) is 36.4 Å². The molecule has 0 saturated carbocycles. The lowest BCUT2D eigenvalue weighted by Gasteiger charge is -2.26. The summed E-state index contributed by atoms with van der Waals surface area (Å²) in [5.74, 6) is 1.39. The maximum Gasteiger partial charge on any atom is 0.186 e. The summed E-state index contributed by atoms with van der Waals surface area (Å²) < 4.78 is 0. The first-order chi connectivity index (χ1) is 16.4. The molecule has 186 valence electrons. The maximum atomic E-state index is 13.6. The van der Waals surface area contributed by atoms with E-state index in [4.69, 9.17) is 0 Å². The summed E-state index contributed by atoms with van der Waals surface area (Å²) >= 11 is 0. The van der Waals surface area contributed by atoms with Crippen molar-refractivity contribution in [1.29, 1.82) is 0 Å². The molecule has 0 fully saturated rings. The highest BCUT2D eigenvalue weighted by molar-refractivity contribution is 6.08. The quantitative estimate of drug-likeness (QED) is 0.238. The summed E-state index contributed by atoms with van der Waals surface area (Å²) in [4.78, 5) is 13.6. The number of rotatable bonds is 13. The Morgan fingerprint density at radius 2 is 1.32 bits per heavy atom. The molecule has 2 nitrogen and oxygen atoms in total. The summed E-state index contributed by atoms with van der Waals surface area (Å²) in [6.07, 6.45) is 10.8. The third-order valence-corrected chi connectivity index (χ3v) is 7.72. The molecular weight excluding hydrogens is 416 g/mol. The van der Waals surface area contributed by atoms with E-state index >= 15 is 0 Å². The van der Waals surface area contributed by atoms with E-state index in [2.05, 4.69) is 66.7 Å². The van der Waals surface area contributed by atoms with Crippen LogP contribution in [0.3, 0.4) is 0 Å². The van der Waals surface area contributed by atoms with Gasteiger partial charge in [-0.05, 0) is 103 Å². The third kappa shape index (κ3) is 6.20. The largest absolute Gasteiger partial charge is 0.508 e. The number of ketones is 1. The maximum absolute atomic E-state index is 13.6. The number of carbonyl (C=O) groups excluding carboxylic acids is 1. The molecule has 0 aromatic heterocycles. The summed E-state index contributed by atoms with van der Waals surface area (Å²) in [6, 6.07) is 10.3. The van der Waals surface area contributed by atoms with Gasteiger partial charge in [-0.25, -0.2) is 0 Å². The molecule has 0 atom stereocenters. The molecular formula is C32H46O2. The van der Waals surface area contributed by atoms with Crippen LogP contribution in [-0.2, 0) is 6.42 Å². The minimum atomic E-state index is 0.0338. The summed E-state index contributed by atoms with van der Waals surface area (Å²) in [7, 11) is 0. The normalized spacial score (nSPS) is 11.9. The van der Waals surface area contributed by atoms with Crippen molar-refractivity contribution in [3.05, 3.63) is 69.8 Å². The van der Waals surface area contributed by atoms with Gasteiger partial charge >= 0.3 is 0 Å². The number of allylic oxidation sites excluding steroid dienone is 1. The first-order valence-electron chi connectivity index (χ1n) is 13.6. The van der Waals surface area contributed by atoms with E-state index in [-0.39, 0.29) is 17.6 Å². The van der Waals surface area contributed by atoms with Gasteiger partial charge in [0.25, 0.3) is 0 Å². The number of benzene rings is 2. The second-order valence-electron chi connectivity index (χ2n) is 9.51. The van der Waals surface area contributed by atoms with E-state index < -0.39 is 0 Å². The Hall–Kier alpha value is -2.35. The molecule has 0 aliphatic heterocycles. The Labute approximate surface area is 208 Å². The molecule has 2 rings (SSSR count). The van der Waals surface area contributed by atoms with Gasteiger partial charge in [-0.3, -0.25) is 4.79 Å². The van der Waals surface area contributed by atoms with Crippen molar-refractivity contribution in [2.24, 2.45) is 0 Å². The highest BCUT2D eigenvalue weighted by Crippen LogP contribution is 2.41. The van der Waals surface area contributed by atoms with Crippen LogP contribution in [0.1, 0.15) is 143 Å². The molecule has 0 amide bonds. The minimum Gasteiger partial charge on any atom is -0.508 e. The molecule has 0 saturated heterocycles. The number of hydrogen-bond donors (Lipinski definition) is 1. The van der Waals surface area contributed by atoms with Crippen molar-refractivity contribution >= 4 is 11.9 Å². The molecule has 2 heteroatoms. The van der Waals surface area contributed by atoms with Crippen molar-refractivity contribution in [2.75, 3.05) is 0 Å².